The molecule has 0 aliphatic carbocycles. The van der Waals surface area contributed by atoms with Crippen molar-refractivity contribution in [2.24, 2.45) is 0 Å². The summed E-state index contributed by atoms with van der Waals surface area (Å²) in [5, 5.41) is 12.3. The number of benzene rings is 12. The lowest BCUT2D eigenvalue weighted by Crippen LogP contribution is -2.11. The molecule has 308 valence electrons. The minimum atomic E-state index is 1.08. The van der Waals surface area contributed by atoms with E-state index in [2.05, 4.69) is 264 Å². The summed E-state index contributed by atoms with van der Waals surface area (Å²) in [4.78, 5) is 2.49. The Morgan fingerprint density at radius 3 is 1.58 bits per heavy atom. The molecule has 0 bridgehead atoms. The van der Waals surface area contributed by atoms with Gasteiger partial charge in [-0.25, -0.2) is 0 Å². The normalized spacial score (nSPS) is 11.6. The van der Waals surface area contributed by atoms with Gasteiger partial charge in [-0.2, -0.15) is 0 Å². The quantitative estimate of drug-likeness (QED) is 0.145. The number of hydrogen-bond acceptors (Lipinski definition) is 1. The molecule has 0 N–H and O–H groups in total. The van der Waals surface area contributed by atoms with E-state index in [-0.39, 0.29) is 0 Å². The molecule has 0 aliphatic rings. The Kier molecular flexibility index (Phi) is 8.89. The molecule has 1 heterocycles. The van der Waals surface area contributed by atoms with Crippen LogP contribution in [0.3, 0.4) is 0 Å². The predicted molar refractivity (Wildman–Crippen MR) is 282 cm³/mol. The number of aromatic nitrogens is 1. The highest BCUT2D eigenvalue weighted by molar-refractivity contribution is 6.23. The topological polar surface area (TPSA) is 8.17 Å². The summed E-state index contributed by atoms with van der Waals surface area (Å²) in [5.41, 5.74) is 14.0. The summed E-state index contributed by atoms with van der Waals surface area (Å²) in [6.07, 6.45) is 0. The van der Waals surface area contributed by atoms with Crippen LogP contribution in [0.5, 0.6) is 0 Å². The van der Waals surface area contributed by atoms with E-state index >= 15 is 0 Å². The van der Waals surface area contributed by atoms with Crippen molar-refractivity contribution in [2.75, 3.05) is 4.90 Å². The smallest absolute Gasteiger partial charge is 0.0547 e. The highest BCUT2D eigenvalue weighted by atomic mass is 15.1. The van der Waals surface area contributed by atoms with Crippen molar-refractivity contribution in [3.63, 3.8) is 0 Å². The van der Waals surface area contributed by atoms with E-state index in [0.717, 1.165) is 28.3 Å². The van der Waals surface area contributed by atoms with E-state index in [1.54, 1.807) is 0 Å². The van der Waals surface area contributed by atoms with E-state index < -0.39 is 0 Å². The summed E-state index contributed by atoms with van der Waals surface area (Å²) in [6.45, 7) is 0. The van der Waals surface area contributed by atoms with Gasteiger partial charge >= 0.3 is 0 Å². The Morgan fingerprint density at radius 2 is 0.803 bits per heavy atom. The van der Waals surface area contributed by atoms with E-state index in [1.165, 1.54) is 92.7 Å². The number of para-hydroxylation sites is 3. The maximum Gasteiger partial charge on any atom is 0.0547 e. The number of anilines is 3. The van der Waals surface area contributed by atoms with Gasteiger partial charge in [-0.1, -0.05) is 200 Å². The molecule has 12 aromatic carbocycles. The second-order valence-electron chi connectivity index (χ2n) is 17.2. The van der Waals surface area contributed by atoms with Crippen LogP contribution in [0.4, 0.5) is 17.1 Å². The van der Waals surface area contributed by atoms with Crippen LogP contribution in [0.2, 0.25) is 0 Å². The monoisotopic (exact) mass is 838 g/mol. The highest BCUT2D eigenvalue weighted by Gasteiger charge is 2.24. The average Bonchev–Trinajstić information content (AvgIpc) is 3.74. The Balaban J connectivity index is 1.12. The molecule has 2 nitrogen and oxygen atoms in total. The van der Waals surface area contributed by atoms with Crippen LogP contribution in [0.25, 0.3) is 104 Å². The molecule has 13 aromatic rings. The molecule has 0 saturated heterocycles. The van der Waals surface area contributed by atoms with Crippen LogP contribution in [0, 0.1) is 0 Å². The SMILES string of the molecule is c1ccc(-c2c(-c3ccccc3)c3cc(N(c4ccc5c(ccc6ccccc65)c4)c4ccccc4-c4cccc5c4c4ccccc4n5-c4ccccc4)ccc3c3ccccc23)cc1. The lowest BCUT2D eigenvalue weighted by atomic mass is 9.85. The van der Waals surface area contributed by atoms with Gasteiger partial charge in [-0.05, 0) is 126 Å². The van der Waals surface area contributed by atoms with Gasteiger partial charge in [0.25, 0.3) is 0 Å². The summed E-state index contributed by atoms with van der Waals surface area (Å²) >= 11 is 0. The standard InChI is InChI=1S/C64H42N2/c1-4-20-44(21-5-1)62-55-29-13-12-27-52(55)53-40-38-49(42-58(53)63(62)45-22-6-2-7-23-45)65(48-37-39-51-46(41-48)36-35-43-19-10-11-26-50(43)51)59-32-16-14-28-54(59)56-31-18-34-61-64(56)57-30-15-17-33-60(57)66(61)47-24-8-3-9-25-47/h1-42H. The Labute approximate surface area is 383 Å². The number of fused-ring (bicyclic) bond motifs is 9. The molecule has 66 heavy (non-hydrogen) atoms. The van der Waals surface area contributed by atoms with Gasteiger partial charge in [0, 0.05) is 33.4 Å². The largest absolute Gasteiger partial charge is 0.310 e. The first kappa shape index (κ1) is 37.8. The summed E-state index contributed by atoms with van der Waals surface area (Å²) in [7, 11) is 0. The minimum absolute atomic E-state index is 1.08. The van der Waals surface area contributed by atoms with Crippen LogP contribution in [0.1, 0.15) is 0 Å². The summed E-state index contributed by atoms with van der Waals surface area (Å²) in [6, 6.07) is 93.4. The van der Waals surface area contributed by atoms with Gasteiger partial charge < -0.3 is 9.47 Å². The van der Waals surface area contributed by atoms with Gasteiger partial charge in [0.1, 0.15) is 0 Å². The molecule has 13 rings (SSSR count). The van der Waals surface area contributed by atoms with Crippen molar-refractivity contribution in [3.05, 3.63) is 255 Å². The van der Waals surface area contributed by atoms with Crippen LogP contribution in [-0.4, -0.2) is 4.57 Å². The lowest BCUT2D eigenvalue weighted by molar-refractivity contribution is 1.18. The first-order valence-electron chi connectivity index (χ1n) is 22.8. The molecule has 0 spiro atoms. The highest BCUT2D eigenvalue weighted by Crippen LogP contribution is 2.49. The van der Waals surface area contributed by atoms with Crippen LogP contribution in [-0.2, 0) is 0 Å². The van der Waals surface area contributed by atoms with Gasteiger partial charge in [0.15, 0.2) is 0 Å². The van der Waals surface area contributed by atoms with Gasteiger partial charge in [-0.15, -0.1) is 0 Å². The first-order valence-corrected chi connectivity index (χ1v) is 22.8. The van der Waals surface area contributed by atoms with E-state index in [4.69, 9.17) is 0 Å². The van der Waals surface area contributed by atoms with Crippen molar-refractivity contribution in [3.8, 4) is 39.1 Å². The number of hydrogen-bond donors (Lipinski definition) is 0. The minimum Gasteiger partial charge on any atom is -0.310 e. The molecular formula is C64H42N2. The molecule has 0 fully saturated rings. The molecule has 0 atom stereocenters. The number of nitrogens with zero attached hydrogens (tertiary/aromatic N) is 2. The molecule has 0 amide bonds. The second-order valence-corrected chi connectivity index (χ2v) is 17.2. The average molecular weight is 839 g/mol. The van der Waals surface area contributed by atoms with Gasteiger partial charge in [0.05, 0.1) is 16.7 Å². The summed E-state index contributed by atoms with van der Waals surface area (Å²) in [5.74, 6) is 0. The van der Waals surface area contributed by atoms with E-state index in [0.29, 0.717) is 0 Å². The maximum atomic E-state index is 2.49. The Hall–Kier alpha value is -8.72. The van der Waals surface area contributed by atoms with Crippen molar-refractivity contribution < 1.29 is 0 Å². The molecule has 0 unspecified atom stereocenters. The van der Waals surface area contributed by atoms with Crippen LogP contribution < -0.4 is 4.90 Å². The number of rotatable bonds is 7. The van der Waals surface area contributed by atoms with Crippen molar-refractivity contribution in [1.82, 2.24) is 4.57 Å². The lowest BCUT2D eigenvalue weighted by Gasteiger charge is -2.29. The molecular weight excluding hydrogens is 797 g/mol. The zero-order valence-electron chi connectivity index (χ0n) is 36.1. The first-order chi connectivity index (χ1) is 32.8. The zero-order valence-corrected chi connectivity index (χ0v) is 36.1. The van der Waals surface area contributed by atoms with Crippen molar-refractivity contribution >= 4 is 82.0 Å². The molecule has 1 aromatic heterocycles. The van der Waals surface area contributed by atoms with Crippen molar-refractivity contribution in [2.45, 2.75) is 0 Å². The molecule has 0 saturated carbocycles. The third kappa shape index (κ3) is 6.04. The fourth-order valence-electron chi connectivity index (χ4n) is 10.7. The third-order valence-electron chi connectivity index (χ3n) is 13.5. The maximum absolute atomic E-state index is 2.49. The molecule has 2 heteroatoms. The fourth-order valence-corrected chi connectivity index (χ4v) is 10.7. The van der Waals surface area contributed by atoms with Crippen LogP contribution >= 0.6 is 0 Å². The second kappa shape index (κ2) is 15.5. The Morgan fingerprint density at radius 1 is 0.288 bits per heavy atom. The van der Waals surface area contributed by atoms with Crippen molar-refractivity contribution in [1.29, 1.82) is 0 Å². The predicted octanol–water partition coefficient (Wildman–Crippen LogP) is 17.9. The Bertz CT molecular complexity index is 3980. The fraction of sp³-hybridized carbons (Fsp3) is 0. The van der Waals surface area contributed by atoms with E-state index in [1.807, 2.05) is 0 Å². The third-order valence-corrected chi connectivity index (χ3v) is 13.5. The molecule has 0 radical (unpaired) electrons. The van der Waals surface area contributed by atoms with Gasteiger partial charge in [-0.3, -0.25) is 0 Å². The molecule has 0 aliphatic heterocycles. The van der Waals surface area contributed by atoms with Gasteiger partial charge in [0.2, 0.25) is 0 Å². The zero-order chi connectivity index (χ0) is 43.6. The van der Waals surface area contributed by atoms with Crippen LogP contribution in [0.15, 0.2) is 255 Å². The summed E-state index contributed by atoms with van der Waals surface area (Å²) < 4.78 is 2.41. The van der Waals surface area contributed by atoms with E-state index in [9.17, 15) is 0 Å².